The predicted molar refractivity (Wildman–Crippen MR) is 135 cm³/mol. The Labute approximate surface area is 209 Å². The highest BCUT2D eigenvalue weighted by Crippen LogP contribution is 2.24. The zero-order valence-corrected chi connectivity index (χ0v) is 20.4. The Bertz CT molecular complexity index is 1360. The van der Waals surface area contributed by atoms with Gasteiger partial charge in [-0.3, -0.25) is 4.79 Å². The number of rotatable bonds is 9. The molecule has 3 aromatic carbocycles. The van der Waals surface area contributed by atoms with E-state index >= 15 is 0 Å². The number of halogens is 1. The van der Waals surface area contributed by atoms with E-state index in [1.54, 1.807) is 12.1 Å². The topological polar surface area (TPSA) is 66.8 Å². The van der Waals surface area contributed by atoms with Gasteiger partial charge in [0.15, 0.2) is 0 Å². The summed E-state index contributed by atoms with van der Waals surface area (Å²) in [4.78, 5) is 23.0. The first-order valence-electron chi connectivity index (χ1n) is 11.2. The minimum Gasteiger partial charge on any atom is -0.490 e. The van der Waals surface area contributed by atoms with Gasteiger partial charge in [-0.05, 0) is 71.0 Å². The van der Waals surface area contributed by atoms with Gasteiger partial charge in [-0.25, -0.2) is 4.79 Å². The van der Waals surface area contributed by atoms with Crippen molar-refractivity contribution in [3.63, 3.8) is 0 Å². The maximum atomic E-state index is 12.2. The van der Waals surface area contributed by atoms with Crippen LogP contribution in [0.5, 0.6) is 5.75 Å². The maximum Gasteiger partial charge on any atom is 0.338 e. The fourth-order valence-corrected chi connectivity index (χ4v) is 4.17. The van der Waals surface area contributed by atoms with Crippen molar-refractivity contribution in [3.8, 4) is 5.75 Å². The van der Waals surface area contributed by atoms with Crippen LogP contribution in [0.25, 0.3) is 10.9 Å². The third kappa shape index (κ3) is 6.22. The van der Waals surface area contributed by atoms with Crippen molar-refractivity contribution in [1.29, 1.82) is 0 Å². The average Bonchev–Trinajstić information content (AvgIpc) is 3.24. The quantitative estimate of drug-likeness (QED) is 0.223. The first kappa shape index (κ1) is 24.4. The molecule has 1 heterocycles. The standard InChI is InChI=1S/C28H26ClNO5/c1-19(31)34-12-13-35-25-5-3-4-21(16-25)18-30-11-10-23-15-20(6-9-27(23)30)14-22-7-8-24(29)17-26(22)28(32)33-2/h3-11,15-17H,12-14,18H2,1-2H3. The Hall–Kier alpha value is -3.77. The fourth-order valence-electron chi connectivity index (χ4n) is 4.00. The molecule has 7 heteroatoms. The lowest BCUT2D eigenvalue weighted by Crippen LogP contribution is -2.09. The molecule has 0 unspecified atom stereocenters. The summed E-state index contributed by atoms with van der Waals surface area (Å²) in [6.07, 6.45) is 2.65. The van der Waals surface area contributed by atoms with E-state index in [9.17, 15) is 9.59 Å². The van der Waals surface area contributed by atoms with Crippen LogP contribution in [-0.4, -0.2) is 36.8 Å². The van der Waals surface area contributed by atoms with Gasteiger partial charge in [0.1, 0.15) is 19.0 Å². The van der Waals surface area contributed by atoms with E-state index in [4.69, 9.17) is 25.8 Å². The highest BCUT2D eigenvalue weighted by atomic mass is 35.5. The summed E-state index contributed by atoms with van der Waals surface area (Å²) in [7, 11) is 1.37. The van der Waals surface area contributed by atoms with E-state index in [0.717, 1.165) is 33.3 Å². The number of carbonyl (C=O) groups is 2. The lowest BCUT2D eigenvalue weighted by Gasteiger charge is -2.11. The van der Waals surface area contributed by atoms with Gasteiger partial charge in [0, 0.05) is 30.2 Å². The van der Waals surface area contributed by atoms with Gasteiger partial charge >= 0.3 is 11.9 Å². The van der Waals surface area contributed by atoms with Crippen molar-refractivity contribution in [3.05, 3.63) is 100 Å². The lowest BCUT2D eigenvalue weighted by molar-refractivity contribution is -0.141. The van der Waals surface area contributed by atoms with Gasteiger partial charge < -0.3 is 18.8 Å². The second kappa shape index (κ2) is 11.1. The Morgan fingerprint density at radius 1 is 0.943 bits per heavy atom. The first-order chi connectivity index (χ1) is 16.9. The Morgan fingerprint density at radius 2 is 1.80 bits per heavy atom. The zero-order valence-electron chi connectivity index (χ0n) is 19.6. The normalized spacial score (nSPS) is 10.8. The van der Waals surface area contributed by atoms with Gasteiger partial charge in [-0.2, -0.15) is 0 Å². The number of fused-ring (bicyclic) bond motifs is 1. The SMILES string of the molecule is COC(=O)c1cc(Cl)ccc1Cc1ccc2c(ccn2Cc2cccc(OCCOC(C)=O)c2)c1. The van der Waals surface area contributed by atoms with E-state index in [1.165, 1.54) is 14.0 Å². The van der Waals surface area contributed by atoms with Crippen LogP contribution in [0.2, 0.25) is 5.02 Å². The van der Waals surface area contributed by atoms with Crippen LogP contribution in [-0.2, 0) is 27.2 Å². The molecule has 0 radical (unpaired) electrons. The maximum absolute atomic E-state index is 12.2. The predicted octanol–water partition coefficient (Wildman–Crippen LogP) is 5.66. The second-order valence-electron chi connectivity index (χ2n) is 8.14. The molecule has 0 aliphatic carbocycles. The van der Waals surface area contributed by atoms with E-state index in [2.05, 4.69) is 35.0 Å². The van der Waals surface area contributed by atoms with Gasteiger partial charge in [-0.15, -0.1) is 0 Å². The molecule has 180 valence electrons. The number of ether oxygens (including phenoxy) is 3. The molecule has 1 aromatic heterocycles. The highest BCUT2D eigenvalue weighted by molar-refractivity contribution is 6.31. The summed E-state index contributed by atoms with van der Waals surface area (Å²) in [6.45, 7) is 2.60. The second-order valence-corrected chi connectivity index (χ2v) is 8.58. The molecule has 0 N–H and O–H groups in total. The van der Waals surface area contributed by atoms with E-state index in [1.807, 2.05) is 30.3 Å². The molecule has 0 atom stereocenters. The highest BCUT2D eigenvalue weighted by Gasteiger charge is 2.13. The number of aromatic nitrogens is 1. The molecule has 0 spiro atoms. The minimum absolute atomic E-state index is 0.223. The summed E-state index contributed by atoms with van der Waals surface area (Å²) < 4.78 is 17.7. The Balaban J connectivity index is 1.48. The van der Waals surface area contributed by atoms with E-state index in [-0.39, 0.29) is 12.6 Å². The van der Waals surface area contributed by atoms with Crippen LogP contribution in [0.4, 0.5) is 0 Å². The monoisotopic (exact) mass is 491 g/mol. The Morgan fingerprint density at radius 3 is 2.60 bits per heavy atom. The number of nitrogens with zero attached hydrogens (tertiary/aromatic N) is 1. The molecule has 0 saturated heterocycles. The summed E-state index contributed by atoms with van der Waals surface area (Å²) in [5.41, 5.74) is 4.64. The third-order valence-electron chi connectivity index (χ3n) is 5.62. The number of esters is 2. The minimum atomic E-state index is -0.396. The molecule has 0 aliphatic heterocycles. The van der Waals surface area contributed by atoms with Crippen LogP contribution in [0.1, 0.15) is 34.0 Å². The molecule has 0 aliphatic rings. The molecule has 4 aromatic rings. The number of hydrogen-bond donors (Lipinski definition) is 0. The fraction of sp³-hybridized carbons (Fsp3) is 0.214. The van der Waals surface area contributed by atoms with Crippen LogP contribution < -0.4 is 4.74 Å². The third-order valence-corrected chi connectivity index (χ3v) is 5.85. The van der Waals surface area contributed by atoms with Crippen molar-refractivity contribution in [2.45, 2.75) is 19.9 Å². The molecule has 4 rings (SSSR count). The van der Waals surface area contributed by atoms with Crippen molar-refractivity contribution < 1.29 is 23.8 Å². The summed E-state index contributed by atoms with van der Waals surface area (Å²) in [6, 6.07) is 21.6. The van der Waals surface area contributed by atoms with Gasteiger partial charge in [-0.1, -0.05) is 35.9 Å². The molecule has 35 heavy (non-hydrogen) atoms. The zero-order chi connectivity index (χ0) is 24.8. The van der Waals surface area contributed by atoms with Crippen molar-refractivity contribution >= 4 is 34.4 Å². The average molecular weight is 492 g/mol. The van der Waals surface area contributed by atoms with Crippen LogP contribution in [0.3, 0.4) is 0 Å². The van der Waals surface area contributed by atoms with Gasteiger partial charge in [0.25, 0.3) is 0 Å². The number of methoxy groups -OCH3 is 1. The summed E-state index contributed by atoms with van der Waals surface area (Å²) >= 11 is 6.08. The largest absolute Gasteiger partial charge is 0.490 e. The van der Waals surface area contributed by atoms with Gasteiger partial charge in [0.05, 0.1) is 12.7 Å². The molecule has 0 bridgehead atoms. The van der Waals surface area contributed by atoms with Crippen LogP contribution >= 0.6 is 11.6 Å². The molecule has 0 fully saturated rings. The molecular formula is C28H26ClNO5. The smallest absolute Gasteiger partial charge is 0.338 e. The number of carbonyl (C=O) groups excluding carboxylic acids is 2. The van der Waals surface area contributed by atoms with E-state index in [0.29, 0.717) is 30.2 Å². The van der Waals surface area contributed by atoms with Crippen molar-refractivity contribution in [1.82, 2.24) is 4.57 Å². The van der Waals surface area contributed by atoms with Crippen LogP contribution in [0.15, 0.2) is 72.9 Å². The number of benzene rings is 3. The summed E-state index contributed by atoms with van der Waals surface area (Å²) in [5, 5.41) is 1.62. The van der Waals surface area contributed by atoms with E-state index < -0.39 is 5.97 Å². The molecule has 0 amide bonds. The summed E-state index contributed by atoms with van der Waals surface area (Å²) in [5.74, 6) is 0.0205. The lowest BCUT2D eigenvalue weighted by atomic mass is 9.99. The molecule has 0 saturated carbocycles. The first-order valence-corrected chi connectivity index (χ1v) is 11.6. The van der Waals surface area contributed by atoms with Gasteiger partial charge in [0.2, 0.25) is 0 Å². The van der Waals surface area contributed by atoms with Crippen molar-refractivity contribution in [2.24, 2.45) is 0 Å². The molecular weight excluding hydrogens is 466 g/mol. The Kier molecular flexibility index (Phi) is 7.73. The number of hydrogen-bond acceptors (Lipinski definition) is 5. The van der Waals surface area contributed by atoms with Crippen LogP contribution in [0, 0.1) is 0 Å². The molecule has 6 nitrogen and oxygen atoms in total. The van der Waals surface area contributed by atoms with Crippen molar-refractivity contribution in [2.75, 3.05) is 20.3 Å².